The van der Waals surface area contributed by atoms with E-state index in [0.717, 1.165) is 24.7 Å². The number of alkyl halides is 3. The van der Waals surface area contributed by atoms with Gasteiger partial charge in [-0.05, 0) is 54.8 Å². The van der Waals surface area contributed by atoms with Gasteiger partial charge in [-0.2, -0.15) is 28.1 Å². The Hall–Kier alpha value is -4.13. The molecule has 3 aromatic rings. The van der Waals surface area contributed by atoms with E-state index in [-0.39, 0.29) is 24.3 Å². The molecule has 0 fully saturated rings. The van der Waals surface area contributed by atoms with E-state index in [9.17, 15) is 18.0 Å². The Kier molecular flexibility index (Phi) is 10.5. The fourth-order valence-electron chi connectivity index (χ4n) is 3.05. The van der Waals surface area contributed by atoms with Gasteiger partial charge in [-0.3, -0.25) is 10.2 Å². The van der Waals surface area contributed by atoms with Gasteiger partial charge < -0.3 is 26.0 Å². The topological polar surface area (TPSA) is 137 Å². The second-order valence-electron chi connectivity index (χ2n) is 7.91. The van der Waals surface area contributed by atoms with Gasteiger partial charge in [0.05, 0.1) is 6.34 Å². The van der Waals surface area contributed by atoms with Crippen molar-refractivity contribution in [2.45, 2.75) is 25.6 Å². The molecule has 3 rings (SSSR count). The third-order valence-electron chi connectivity index (χ3n) is 4.88. The number of aromatic nitrogens is 3. The summed E-state index contributed by atoms with van der Waals surface area (Å²) in [5.41, 5.74) is 1.78. The lowest BCUT2D eigenvalue weighted by atomic mass is 10.2. The van der Waals surface area contributed by atoms with Crippen LogP contribution < -0.4 is 26.0 Å². The van der Waals surface area contributed by atoms with Gasteiger partial charge in [-0.25, -0.2) is 0 Å². The molecular formula is C24H26ClF3N8O2. The Morgan fingerprint density at radius 1 is 0.974 bits per heavy atom. The quantitative estimate of drug-likeness (QED) is 0.112. The molecule has 0 aliphatic heterocycles. The van der Waals surface area contributed by atoms with Gasteiger partial charge in [0, 0.05) is 35.9 Å². The van der Waals surface area contributed by atoms with Crippen LogP contribution in [0.4, 0.5) is 30.8 Å². The van der Waals surface area contributed by atoms with Crippen molar-refractivity contribution >= 4 is 41.4 Å². The number of carbonyl (C=O) groups excluding carboxylic acids is 1. The SMILES string of the molecule is N=CNCCCCNC(=O)c1ccc(Nc2nc(NCc3ccc(Cl)cc3)nc(OCC(F)(F)F)n2)cc1. The summed E-state index contributed by atoms with van der Waals surface area (Å²) < 4.78 is 42.7. The summed E-state index contributed by atoms with van der Waals surface area (Å²) in [5, 5.41) is 18.9. The third kappa shape index (κ3) is 10.1. The fourth-order valence-corrected chi connectivity index (χ4v) is 3.17. The molecule has 5 N–H and O–H groups in total. The fraction of sp³-hybridized carbons (Fsp3) is 0.292. The van der Waals surface area contributed by atoms with Crippen molar-refractivity contribution in [2.24, 2.45) is 0 Å². The minimum absolute atomic E-state index is 0.00133. The van der Waals surface area contributed by atoms with E-state index in [2.05, 4.69) is 36.2 Å². The zero-order chi connectivity index (χ0) is 27.4. The minimum Gasteiger partial charge on any atom is -0.454 e. The maximum Gasteiger partial charge on any atom is 0.422 e. The van der Waals surface area contributed by atoms with Gasteiger partial charge in [0.1, 0.15) is 0 Å². The molecule has 1 aromatic heterocycles. The van der Waals surface area contributed by atoms with Crippen LogP contribution in [0, 0.1) is 5.41 Å². The number of anilines is 3. The average Bonchev–Trinajstić information content (AvgIpc) is 2.89. The van der Waals surface area contributed by atoms with Crippen LogP contribution in [-0.2, 0) is 6.54 Å². The standard InChI is InChI=1S/C24H26ClF3N8O2/c25-18-7-3-16(4-8-18)13-32-21-34-22(36-23(35-21)38-14-24(26,27)28)33-19-9-5-17(6-10-19)20(37)31-12-2-1-11-30-15-29/h3-10,15H,1-2,11-14H2,(H2,29,30)(H,31,37)(H2,32,33,34,35,36). The van der Waals surface area contributed by atoms with Crippen LogP contribution in [0.5, 0.6) is 6.01 Å². The van der Waals surface area contributed by atoms with Crippen molar-refractivity contribution in [3.05, 3.63) is 64.7 Å². The monoisotopic (exact) mass is 550 g/mol. The molecule has 14 heteroatoms. The molecule has 2 aromatic carbocycles. The Balaban J connectivity index is 1.64. The highest BCUT2D eigenvalue weighted by Crippen LogP contribution is 2.21. The predicted molar refractivity (Wildman–Crippen MR) is 138 cm³/mol. The van der Waals surface area contributed by atoms with Crippen LogP contribution in [-0.4, -0.2) is 53.1 Å². The molecule has 1 heterocycles. The Morgan fingerprint density at radius 3 is 2.34 bits per heavy atom. The lowest BCUT2D eigenvalue weighted by Crippen LogP contribution is -2.25. The number of benzene rings is 2. The highest BCUT2D eigenvalue weighted by atomic mass is 35.5. The van der Waals surface area contributed by atoms with Crippen molar-refractivity contribution in [2.75, 3.05) is 30.3 Å². The zero-order valence-corrected chi connectivity index (χ0v) is 20.9. The number of halogens is 4. The van der Waals surface area contributed by atoms with Crippen LogP contribution in [0.1, 0.15) is 28.8 Å². The molecule has 0 radical (unpaired) electrons. The molecule has 0 spiro atoms. The summed E-state index contributed by atoms with van der Waals surface area (Å²) >= 11 is 5.89. The van der Waals surface area contributed by atoms with E-state index >= 15 is 0 Å². The van der Waals surface area contributed by atoms with Crippen LogP contribution >= 0.6 is 11.6 Å². The van der Waals surface area contributed by atoms with E-state index in [1.54, 1.807) is 48.5 Å². The van der Waals surface area contributed by atoms with Crippen LogP contribution in [0.2, 0.25) is 5.02 Å². The Labute approximate surface area is 221 Å². The van der Waals surface area contributed by atoms with E-state index < -0.39 is 18.8 Å². The third-order valence-corrected chi connectivity index (χ3v) is 5.13. The molecule has 0 saturated carbocycles. The summed E-state index contributed by atoms with van der Waals surface area (Å²) in [7, 11) is 0. The summed E-state index contributed by atoms with van der Waals surface area (Å²) in [5.74, 6) is -0.291. The summed E-state index contributed by atoms with van der Waals surface area (Å²) in [4.78, 5) is 24.3. The van der Waals surface area contributed by atoms with Crippen molar-refractivity contribution in [1.82, 2.24) is 25.6 Å². The predicted octanol–water partition coefficient (Wildman–Crippen LogP) is 4.53. The number of hydrogen-bond donors (Lipinski definition) is 5. The summed E-state index contributed by atoms with van der Waals surface area (Å²) in [6.45, 7) is -0.119. The number of rotatable bonds is 14. The highest BCUT2D eigenvalue weighted by Gasteiger charge is 2.29. The van der Waals surface area contributed by atoms with Gasteiger partial charge in [0.2, 0.25) is 11.9 Å². The normalized spacial score (nSPS) is 10.9. The first kappa shape index (κ1) is 28.4. The molecule has 0 aliphatic rings. The lowest BCUT2D eigenvalue weighted by Gasteiger charge is -2.12. The van der Waals surface area contributed by atoms with Crippen molar-refractivity contribution in [3.8, 4) is 6.01 Å². The first-order valence-electron chi connectivity index (χ1n) is 11.5. The molecule has 38 heavy (non-hydrogen) atoms. The zero-order valence-electron chi connectivity index (χ0n) is 20.1. The molecule has 0 aliphatic carbocycles. The van der Waals surface area contributed by atoms with Gasteiger partial charge in [-0.15, -0.1) is 0 Å². The van der Waals surface area contributed by atoms with Crippen molar-refractivity contribution in [1.29, 1.82) is 5.41 Å². The average molecular weight is 551 g/mol. The molecule has 0 saturated heterocycles. The smallest absolute Gasteiger partial charge is 0.422 e. The van der Waals surface area contributed by atoms with E-state index in [1.165, 1.54) is 0 Å². The number of hydrogen-bond acceptors (Lipinski definition) is 8. The number of nitrogens with one attached hydrogen (secondary N) is 5. The molecule has 0 atom stereocenters. The molecule has 1 amide bonds. The number of amides is 1. The largest absolute Gasteiger partial charge is 0.454 e. The molecule has 10 nitrogen and oxygen atoms in total. The maximum absolute atomic E-state index is 12.7. The number of nitrogens with zero attached hydrogens (tertiary/aromatic N) is 3. The molecule has 202 valence electrons. The van der Waals surface area contributed by atoms with Crippen LogP contribution in [0.25, 0.3) is 0 Å². The molecule has 0 unspecified atom stereocenters. The first-order valence-corrected chi connectivity index (χ1v) is 11.9. The Bertz CT molecular complexity index is 1190. The second-order valence-corrected chi connectivity index (χ2v) is 8.35. The van der Waals surface area contributed by atoms with Gasteiger partial charge in [0.15, 0.2) is 6.61 Å². The second kappa shape index (κ2) is 14.0. The summed E-state index contributed by atoms with van der Waals surface area (Å²) in [6, 6.07) is 12.9. The van der Waals surface area contributed by atoms with Crippen LogP contribution in [0.3, 0.4) is 0 Å². The number of unbranched alkanes of at least 4 members (excludes halogenated alkanes) is 1. The molecule has 0 bridgehead atoms. The Morgan fingerprint density at radius 2 is 1.66 bits per heavy atom. The summed E-state index contributed by atoms with van der Waals surface area (Å²) in [6.07, 6.45) is -1.86. The maximum atomic E-state index is 12.7. The minimum atomic E-state index is -4.56. The van der Waals surface area contributed by atoms with Gasteiger partial charge >= 0.3 is 12.2 Å². The molecular weight excluding hydrogens is 525 g/mol. The van der Waals surface area contributed by atoms with E-state index in [4.69, 9.17) is 21.7 Å². The van der Waals surface area contributed by atoms with Crippen LogP contribution in [0.15, 0.2) is 48.5 Å². The van der Waals surface area contributed by atoms with Gasteiger partial charge in [-0.1, -0.05) is 23.7 Å². The van der Waals surface area contributed by atoms with Gasteiger partial charge in [0.25, 0.3) is 5.91 Å². The number of carbonyl (C=O) groups is 1. The first-order chi connectivity index (χ1) is 18.2. The highest BCUT2D eigenvalue weighted by molar-refractivity contribution is 6.30. The van der Waals surface area contributed by atoms with E-state index in [1.807, 2.05) is 0 Å². The lowest BCUT2D eigenvalue weighted by molar-refractivity contribution is -0.154. The van der Waals surface area contributed by atoms with Crippen molar-refractivity contribution < 1.29 is 22.7 Å². The van der Waals surface area contributed by atoms with E-state index in [0.29, 0.717) is 29.4 Å². The number of ether oxygens (including phenoxy) is 1. The van der Waals surface area contributed by atoms with Crippen molar-refractivity contribution in [3.63, 3.8) is 0 Å².